The average molecular weight is 1610 g/mol. The minimum Gasteiger partial charge on any atom is -0.0657 e. The summed E-state index contributed by atoms with van der Waals surface area (Å²) < 4.78 is 0. The van der Waals surface area contributed by atoms with Gasteiger partial charge in [0, 0.05) is 5.92 Å². The molecule has 0 fully saturated rings. The Morgan fingerprint density at radius 1 is 0.139 bits per heavy atom. The van der Waals surface area contributed by atoms with Crippen molar-refractivity contribution in [2.75, 3.05) is 0 Å². The maximum absolute atomic E-state index is 2.50. The Labute approximate surface area is 737 Å². The van der Waals surface area contributed by atoms with Gasteiger partial charge in [-0.25, -0.2) is 0 Å². The summed E-state index contributed by atoms with van der Waals surface area (Å²) in [5.41, 5.74) is 89.9. The molecular weight excluding hydrogens is 1470 g/mol. The van der Waals surface area contributed by atoms with Gasteiger partial charge in [0.05, 0.1) is 0 Å². The second kappa shape index (κ2) is 29.7. The molecule has 632 valence electrons. The molecule has 0 heterocycles. The minimum absolute atomic E-state index is 0.282. The van der Waals surface area contributed by atoms with Crippen molar-refractivity contribution in [2.24, 2.45) is 5.92 Å². The largest absolute Gasteiger partial charge is 0.0657 e. The fraction of sp³-hybridized carbons (Fsp3) is 0.410. The first-order chi connectivity index (χ1) is 56.9. The smallest absolute Gasteiger partial charge is 0.0173 e. The molecule has 0 nitrogen and oxygen atoms in total. The molecule has 0 spiro atoms. The second-order valence-corrected chi connectivity index (χ2v) is 40.4. The van der Waals surface area contributed by atoms with Gasteiger partial charge >= 0.3 is 0 Å². The molecule has 0 aliphatic heterocycles. The molecule has 0 N–H and O–H groups in total. The highest BCUT2D eigenvalue weighted by Crippen LogP contribution is 2.64. The molecular formula is C122H144. The van der Waals surface area contributed by atoms with E-state index in [1.165, 1.54) is 377 Å². The van der Waals surface area contributed by atoms with Gasteiger partial charge in [-0.05, 0) is 731 Å². The van der Waals surface area contributed by atoms with Crippen LogP contribution in [0.4, 0.5) is 0 Å². The number of fused-ring (bicyclic) bond motifs is 11. The van der Waals surface area contributed by atoms with Crippen LogP contribution in [0.15, 0.2) is 16.7 Å². The van der Waals surface area contributed by atoms with Crippen LogP contribution in [0.5, 0.6) is 0 Å². The molecule has 0 bridgehead atoms. The molecule has 0 saturated heterocycles. The maximum atomic E-state index is 2.50. The lowest BCUT2D eigenvalue weighted by Crippen LogP contribution is -2.20. The van der Waals surface area contributed by atoms with Gasteiger partial charge in [-0.3, -0.25) is 0 Å². The van der Waals surface area contributed by atoms with Crippen molar-refractivity contribution in [1.29, 1.82) is 0 Å². The molecule has 0 heteroatoms. The lowest BCUT2D eigenvalue weighted by atomic mass is 9.66. The van der Waals surface area contributed by atoms with Gasteiger partial charge < -0.3 is 0 Å². The van der Waals surface area contributed by atoms with Crippen molar-refractivity contribution in [2.45, 2.75) is 337 Å². The fourth-order valence-corrected chi connectivity index (χ4v) is 25.4. The van der Waals surface area contributed by atoms with Crippen molar-refractivity contribution in [3.8, 4) is 55.6 Å². The van der Waals surface area contributed by atoms with E-state index in [1.807, 2.05) is 0 Å². The lowest BCUT2D eigenvalue weighted by molar-refractivity contribution is 0.591. The fourth-order valence-electron chi connectivity index (χ4n) is 25.4. The summed E-state index contributed by atoms with van der Waals surface area (Å²) in [5.74, 6) is 0.711. The van der Waals surface area contributed by atoms with Crippen molar-refractivity contribution in [1.82, 2.24) is 0 Å². The summed E-state index contributed by atoms with van der Waals surface area (Å²) in [7, 11) is 0. The van der Waals surface area contributed by atoms with E-state index in [0.29, 0.717) is 5.92 Å². The van der Waals surface area contributed by atoms with E-state index in [2.05, 4.69) is 318 Å². The third-order valence-electron chi connectivity index (χ3n) is 36.8. The molecule has 122 heavy (non-hydrogen) atoms. The van der Waals surface area contributed by atoms with Crippen LogP contribution < -0.4 is 0 Å². The summed E-state index contributed by atoms with van der Waals surface area (Å²) in [5, 5.41) is 14.5. The normalized spacial score (nSPS) is 14.5. The molecule has 2 atom stereocenters. The van der Waals surface area contributed by atoms with Crippen LogP contribution in [0.2, 0.25) is 0 Å². The Morgan fingerprint density at radius 3 is 0.713 bits per heavy atom. The van der Waals surface area contributed by atoms with E-state index in [4.69, 9.17) is 0 Å². The van der Waals surface area contributed by atoms with Crippen molar-refractivity contribution in [3.05, 3.63) is 284 Å². The number of hydrogen-bond donors (Lipinski definition) is 0. The molecule has 13 aromatic carbocycles. The average Bonchev–Trinajstić information content (AvgIpc) is 1.09. The third kappa shape index (κ3) is 11.3. The topological polar surface area (TPSA) is 0 Å². The van der Waals surface area contributed by atoms with Gasteiger partial charge in [0.25, 0.3) is 0 Å². The standard InChI is InChI=1S/C69H82.C53H62/c1-28-30(3)42(15)56(43(16)31(28)4)58-52(25)57-44(17)33(6)34(7)46(19)60(57)66(53(58)26)69-63-49(22)37(10)35(8)47(20)61(63)68(62-48(21)36(9)38(11)50(23)64(62)69)65-51(24)39(12)41(14)55-27-54-40(13)29(2)32(5)45(18)59(54)67(55)65;1-22-24(3)34(13)44(35(14)25(22)4)52-46-37(16)27(6)29(8)39(18)48(46)53(49-40(19)30(9)28(7)38(17)47(49)52)50-41(20)31(10)33(12)43-21-42-32(11)23(2)26(5)36(15)45(42)51(43)50/h55,67H,27H2,1-26H3;21H2,1-20H3. The third-order valence-corrected chi connectivity index (χ3v) is 36.8. The Hall–Kier alpha value is -9.36. The monoisotopic (exact) mass is 1610 g/mol. The Balaban J connectivity index is 0.000000196. The molecule has 0 amide bonds. The first kappa shape index (κ1) is 87.5. The summed E-state index contributed by atoms with van der Waals surface area (Å²) in [4.78, 5) is 0. The molecule has 13 aromatic rings. The molecule has 16 rings (SSSR count). The van der Waals surface area contributed by atoms with Crippen LogP contribution in [0, 0.1) is 304 Å². The van der Waals surface area contributed by atoms with E-state index >= 15 is 0 Å². The molecule has 0 radical (unpaired) electrons. The van der Waals surface area contributed by atoms with Crippen LogP contribution in [0.3, 0.4) is 0 Å². The summed E-state index contributed by atoms with van der Waals surface area (Å²) >= 11 is 0. The predicted octanol–water partition coefficient (Wildman–Crippen LogP) is 34.7. The van der Waals surface area contributed by atoms with Crippen molar-refractivity contribution >= 4 is 59.4 Å². The highest BCUT2D eigenvalue weighted by atomic mass is 14.5. The first-order valence-corrected chi connectivity index (χ1v) is 46.2. The lowest BCUT2D eigenvalue weighted by Gasteiger charge is -2.37. The zero-order valence-electron chi connectivity index (χ0n) is 84.6. The summed E-state index contributed by atoms with van der Waals surface area (Å²) in [6.45, 7) is 110. The van der Waals surface area contributed by atoms with Crippen LogP contribution in [-0.4, -0.2) is 0 Å². The van der Waals surface area contributed by atoms with Gasteiger partial charge in [0.15, 0.2) is 0 Å². The highest BCUT2D eigenvalue weighted by molar-refractivity contribution is 6.29. The zero-order valence-corrected chi connectivity index (χ0v) is 84.6. The number of aryl methyl sites for hydroxylation is 11. The molecule has 3 aliphatic rings. The Bertz CT molecular complexity index is 6980. The van der Waals surface area contributed by atoms with Crippen LogP contribution in [-0.2, 0) is 12.8 Å². The molecule has 0 saturated carbocycles. The molecule has 3 aliphatic carbocycles. The maximum Gasteiger partial charge on any atom is 0.0173 e. The van der Waals surface area contributed by atoms with Gasteiger partial charge in [-0.15, -0.1) is 0 Å². The van der Waals surface area contributed by atoms with Crippen LogP contribution >= 0.6 is 0 Å². The van der Waals surface area contributed by atoms with E-state index in [1.54, 1.807) is 22.3 Å². The van der Waals surface area contributed by atoms with Crippen LogP contribution in [0.1, 0.15) is 294 Å². The number of benzene rings is 13. The van der Waals surface area contributed by atoms with Crippen molar-refractivity contribution in [3.63, 3.8) is 0 Å². The molecule has 0 aromatic heterocycles. The first-order valence-electron chi connectivity index (χ1n) is 46.2. The highest BCUT2D eigenvalue weighted by Gasteiger charge is 2.46. The Kier molecular flexibility index (Phi) is 21.3. The van der Waals surface area contributed by atoms with Gasteiger partial charge in [-0.1, -0.05) is 5.57 Å². The number of rotatable bonds is 5. The van der Waals surface area contributed by atoms with Crippen LogP contribution in [0.25, 0.3) is 115 Å². The Morgan fingerprint density at radius 2 is 0.361 bits per heavy atom. The summed E-state index contributed by atoms with van der Waals surface area (Å²) in [6, 6.07) is 0. The summed E-state index contributed by atoms with van der Waals surface area (Å²) in [6.07, 6.45) is 2.12. The van der Waals surface area contributed by atoms with E-state index in [-0.39, 0.29) is 5.92 Å². The van der Waals surface area contributed by atoms with E-state index < -0.39 is 0 Å². The van der Waals surface area contributed by atoms with E-state index in [0.717, 1.165) is 12.8 Å². The quantitative estimate of drug-likeness (QED) is 0.151. The minimum atomic E-state index is 0.282. The molecule has 2 unspecified atom stereocenters. The van der Waals surface area contributed by atoms with Gasteiger partial charge in [0.2, 0.25) is 0 Å². The van der Waals surface area contributed by atoms with E-state index in [9.17, 15) is 0 Å². The second-order valence-electron chi connectivity index (χ2n) is 40.4. The SMILES string of the molecule is CC1=C(C)C2Cc3c(C)c(C)c(C)c(C)c3C2C(c2c3c(C)c(C)c(C)c(C)c3c(-c3c(C)c(-c4c(C)c(C)c(C)c(C)c4C)c(C)c4c(C)c(C)c(C)c(C)c34)c3c(C)c(C)c(C)c(C)c23)=C1C.Cc1c(C)c(C)c(-c2c3c(C)c(C)c(C)c(C)c3c(-c3c(C)c(C)c(C)c4c3-c3c(C)c(C)c(C)c(C)c3C4)c3c(C)c(C)c(C)c(C)c23)c(C)c1C. The number of hydrogen-bond acceptors (Lipinski definition) is 0. The van der Waals surface area contributed by atoms with Gasteiger partial charge in [-0.2, -0.15) is 0 Å². The zero-order chi connectivity index (χ0) is 90.1. The van der Waals surface area contributed by atoms with Crippen molar-refractivity contribution < 1.29 is 0 Å². The number of allylic oxidation sites excluding steroid dienone is 4. The predicted molar refractivity (Wildman–Crippen MR) is 541 cm³/mol. The van der Waals surface area contributed by atoms with Gasteiger partial charge in [0.1, 0.15) is 0 Å².